The summed E-state index contributed by atoms with van der Waals surface area (Å²) >= 11 is 0. The number of rotatable bonds is 10. The van der Waals surface area contributed by atoms with Crippen molar-refractivity contribution in [2.75, 3.05) is 39.8 Å². The topological polar surface area (TPSA) is 66.0 Å². The van der Waals surface area contributed by atoms with Gasteiger partial charge in [-0.15, -0.1) is 0 Å². The van der Waals surface area contributed by atoms with E-state index in [1.54, 1.807) is 7.05 Å². The molecule has 1 aromatic carbocycles. The summed E-state index contributed by atoms with van der Waals surface area (Å²) < 4.78 is 5.89. The van der Waals surface area contributed by atoms with Crippen molar-refractivity contribution in [3.05, 3.63) is 35.9 Å². The van der Waals surface area contributed by atoms with Gasteiger partial charge in [-0.3, -0.25) is 9.79 Å². The highest BCUT2D eigenvalue weighted by atomic mass is 16.5. The number of aliphatic imine (C=N–C) groups is 1. The van der Waals surface area contributed by atoms with E-state index in [2.05, 4.69) is 27.8 Å². The summed E-state index contributed by atoms with van der Waals surface area (Å²) in [6.07, 6.45) is 8.06. The van der Waals surface area contributed by atoms with Crippen molar-refractivity contribution in [2.45, 2.75) is 51.0 Å². The molecule has 29 heavy (non-hydrogen) atoms. The molecule has 1 unspecified atom stereocenters. The van der Waals surface area contributed by atoms with Gasteiger partial charge in [0.1, 0.15) is 0 Å². The molecule has 3 rings (SSSR count). The lowest BCUT2D eigenvalue weighted by molar-refractivity contribution is -0.127. The first-order chi connectivity index (χ1) is 14.2. The van der Waals surface area contributed by atoms with Crippen LogP contribution < -0.4 is 10.6 Å². The highest BCUT2D eigenvalue weighted by Crippen LogP contribution is 2.20. The molecule has 1 saturated carbocycles. The van der Waals surface area contributed by atoms with Gasteiger partial charge in [-0.25, -0.2) is 0 Å². The first-order valence-electron chi connectivity index (χ1n) is 11.1. The first kappa shape index (κ1) is 21.6. The van der Waals surface area contributed by atoms with Crippen LogP contribution in [-0.2, 0) is 16.0 Å². The summed E-state index contributed by atoms with van der Waals surface area (Å²) in [5.74, 6) is 1.41. The number of hydrogen-bond acceptors (Lipinski definition) is 3. The minimum absolute atomic E-state index is 0.264. The van der Waals surface area contributed by atoms with Crippen molar-refractivity contribution in [1.82, 2.24) is 15.5 Å². The van der Waals surface area contributed by atoms with E-state index in [0.717, 1.165) is 51.6 Å². The molecule has 1 aromatic rings. The summed E-state index contributed by atoms with van der Waals surface area (Å²) in [7, 11) is 1.79. The van der Waals surface area contributed by atoms with Gasteiger partial charge in [0.2, 0.25) is 5.91 Å². The van der Waals surface area contributed by atoms with Crippen LogP contribution in [0.4, 0.5) is 0 Å². The zero-order valence-corrected chi connectivity index (χ0v) is 17.7. The SMILES string of the molecule is CN=C(NCCCOC1CCCC1)NCC1CC(=O)N(CCc2ccccc2)C1. The van der Waals surface area contributed by atoms with Crippen molar-refractivity contribution in [1.29, 1.82) is 0 Å². The van der Waals surface area contributed by atoms with E-state index in [0.29, 0.717) is 18.4 Å². The largest absolute Gasteiger partial charge is 0.378 e. The van der Waals surface area contributed by atoms with Crippen molar-refractivity contribution in [2.24, 2.45) is 10.9 Å². The molecule has 1 aliphatic carbocycles. The third-order valence-electron chi connectivity index (χ3n) is 5.86. The van der Waals surface area contributed by atoms with Crippen molar-refractivity contribution in [3.63, 3.8) is 0 Å². The normalized spacial score (nSPS) is 20.4. The summed E-state index contributed by atoms with van der Waals surface area (Å²) in [4.78, 5) is 18.6. The zero-order valence-electron chi connectivity index (χ0n) is 17.7. The second-order valence-electron chi connectivity index (χ2n) is 8.16. The van der Waals surface area contributed by atoms with Crippen LogP contribution in [0.1, 0.15) is 44.1 Å². The van der Waals surface area contributed by atoms with E-state index in [4.69, 9.17) is 4.74 Å². The minimum atomic E-state index is 0.264. The van der Waals surface area contributed by atoms with E-state index in [-0.39, 0.29) is 5.91 Å². The molecular weight excluding hydrogens is 364 g/mol. The fourth-order valence-electron chi connectivity index (χ4n) is 4.16. The average molecular weight is 401 g/mol. The zero-order chi connectivity index (χ0) is 20.3. The number of amides is 1. The Kier molecular flexibility index (Phi) is 8.81. The predicted molar refractivity (Wildman–Crippen MR) is 117 cm³/mol. The number of benzene rings is 1. The second-order valence-corrected chi connectivity index (χ2v) is 8.16. The molecule has 0 aromatic heterocycles. The Morgan fingerprint density at radius 2 is 2.00 bits per heavy atom. The first-order valence-corrected chi connectivity index (χ1v) is 11.1. The Morgan fingerprint density at radius 3 is 2.76 bits per heavy atom. The Labute approximate surface area is 175 Å². The van der Waals surface area contributed by atoms with Gasteiger partial charge in [-0.1, -0.05) is 43.2 Å². The average Bonchev–Trinajstić information content (AvgIpc) is 3.39. The van der Waals surface area contributed by atoms with Crippen molar-refractivity contribution < 1.29 is 9.53 Å². The predicted octanol–water partition coefficient (Wildman–Crippen LogP) is 2.59. The van der Waals surface area contributed by atoms with Crippen LogP contribution in [0.3, 0.4) is 0 Å². The molecule has 2 aliphatic rings. The Morgan fingerprint density at radius 1 is 1.21 bits per heavy atom. The maximum Gasteiger partial charge on any atom is 0.223 e. The smallest absolute Gasteiger partial charge is 0.223 e. The molecule has 1 aliphatic heterocycles. The summed E-state index contributed by atoms with van der Waals surface area (Å²) in [5, 5.41) is 6.73. The van der Waals surface area contributed by atoms with Gasteiger partial charge in [0.25, 0.3) is 0 Å². The fourth-order valence-corrected chi connectivity index (χ4v) is 4.16. The van der Waals surface area contributed by atoms with Crippen LogP contribution in [0, 0.1) is 5.92 Å². The number of nitrogens with one attached hydrogen (secondary N) is 2. The van der Waals surface area contributed by atoms with Crippen molar-refractivity contribution in [3.8, 4) is 0 Å². The highest BCUT2D eigenvalue weighted by molar-refractivity contribution is 5.80. The van der Waals surface area contributed by atoms with E-state index >= 15 is 0 Å². The number of guanidine groups is 1. The van der Waals surface area contributed by atoms with Gasteiger partial charge >= 0.3 is 0 Å². The molecule has 0 bridgehead atoms. The van der Waals surface area contributed by atoms with E-state index in [1.807, 2.05) is 23.1 Å². The fraction of sp³-hybridized carbons (Fsp3) is 0.652. The maximum absolute atomic E-state index is 12.3. The second kappa shape index (κ2) is 11.8. The van der Waals surface area contributed by atoms with E-state index in [1.165, 1.54) is 31.2 Å². The van der Waals surface area contributed by atoms with E-state index in [9.17, 15) is 4.79 Å². The van der Waals surface area contributed by atoms with Gasteiger partial charge in [0, 0.05) is 52.2 Å². The van der Waals surface area contributed by atoms with Crippen LogP contribution >= 0.6 is 0 Å². The van der Waals surface area contributed by atoms with Crippen LogP contribution in [-0.4, -0.2) is 62.7 Å². The lowest BCUT2D eigenvalue weighted by Gasteiger charge is -2.18. The molecule has 0 radical (unpaired) electrons. The molecule has 6 nitrogen and oxygen atoms in total. The maximum atomic E-state index is 12.3. The summed E-state index contributed by atoms with van der Waals surface area (Å²) in [5.41, 5.74) is 1.28. The van der Waals surface area contributed by atoms with Gasteiger partial charge in [-0.2, -0.15) is 0 Å². The standard InChI is InChI=1S/C23H36N4O2/c1-24-23(25-13-7-15-29-21-10-5-6-11-21)26-17-20-16-22(28)27(18-20)14-12-19-8-3-2-4-9-19/h2-4,8-9,20-21H,5-7,10-18H2,1H3,(H2,24,25,26). The van der Waals surface area contributed by atoms with Crippen LogP contribution in [0.5, 0.6) is 0 Å². The summed E-state index contributed by atoms with van der Waals surface area (Å²) in [6, 6.07) is 10.4. The van der Waals surface area contributed by atoms with Gasteiger partial charge in [-0.05, 0) is 31.2 Å². The molecule has 1 amide bonds. The Balaban J connectivity index is 1.28. The van der Waals surface area contributed by atoms with Gasteiger partial charge in [0.05, 0.1) is 6.10 Å². The molecule has 1 heterocycles. The van der Waals surface area contributed by atoms with Gasteiger partial charge in [0.15, 0.2) is 5.96 Å². The number of carbonyl (C=O) groups excluding carboxylic acids is 1. The van der Waals surface area contributed by atoms with Crippen molar-refractivity contribution >= 4 is 11.9 Å². The lowest BCUT2D eigenvalue weighted by Crippen LogP contribution is -2.41. The monoisotopic (exact) mass is 400 g/mol. The molecule has 2 fully saturated rings. The molecule has 160 valence electrons. The van der Waals surface area contributed by atoms with Gasteiger partial charge < -0.3 is 20.3 Å². The molecule has 1 saturated heterocycles. The quantitative estimate of drug-likeness (QED) is 0.360. The summed E-state index contributed by atoms with van der Waals surface area (Å²) in [6.45, 7) is 4.05. The number of ether oxygens (including phenoxy) is 1. The number of likely N-dealkylation sites (tertiary alicyclic amines) is 1. The molecule has 2 N–H and O–H groups in total. The number of carbonyl (C=O) groups is 1. The molecule has 6 heteroatoms. The molecule has 0 spiro atoms. The molecule has 1 atom stereocenters. The highest BCUT2D eigenvalue weighted by Gasteiger charge is 2.29. The third kappa shape index (κ3) is 7.35. The lowest BCUT2D eigenvalue weighted by atomic mass is 10.1. The number of nitrogens with zero attached hydrogens (tertiary/aromatic N) is 2. The third-order valence-corrected chi connectivity index (χ3v) is 5.86. The Hall–Kier alpha value is -2.08. The molecular formula is C23H36N4O2. The van der Waals surface area contributed by atoms with E-state index < -0.39 is 0 Å². The number of hydrogen-bond donors (Lipinski definition) is 2. The van der Waals surface area contributed by atoms with Crippen LogP contribution in [0.2, 0.25) is 0 Å². The van der Waals surface area contributed by atoms with Crippen LogP contribution in [0.15, 0.2) is 35.3 Å². The van der Waals surface area contributed by atoms with Crippen LogP contribution in [0.25, 0.3) is 0 Å². The minimum Gasteiger partial charge on any atom is -0.378 e. The Bertz CT molecular complexity index is 644.